The average Bonchev–Trinajstić information content (AvgIpc) is 2.69. The smallest absolute Gasteiger partial charge is 0.0899 e. The van der Waals surface area contributed by atoms with Gasteiger partial charge in [0.25, 0.3) is 0 Å². The third kappa shape index (κ3) is 3.52. The summed E-state index contributed by atoms with van der Waals surface area (Å²) in [6.07, 6.45) is 1.80. The number of halogens is 1. The highest BCUT2D eigenvalue weighted by Crippen LogP contribution is 2.29. The topological polar surface area (TPSA) is 25.8 Å². The fourth-order valence-electron chi connectivity index (χ4n) is 2.74. The second-order valence-corrected chi connectivity index (χ2v) is 6.63. The Bertz CT molecular complexity index is 924. The van der Waals surface area contributed by atoms with Crippen LogP contribution in [0.25, 0.3) is 33.8 Å². The molecule has 120 valence electrons. The normalized spacial score (nSPS) is 10.6. The van der Waals surface area contributed by atoms with Crippen molar-refractivity contribution in [2.45, 2.75) is 0 Å². The Labute approximate surface area is 155 Å². The summed E-state index contributed by atoms with van der Waals surface area (Å²) in [7, 11) is 0. The zero-order chi connectivity index (χ0) is 17.1. The third-order valence-electron chi connectivity index (χ3n) is 4.00. The predicted octanol–water partition coefficient (Wildman–Crippen LogP) is 6.24. The Balaban J connectivity index is 1.90. The van der Waals surface area contributed by atoms with Crippen molar-refractivity contribution < 1.29 is 0 Å². The molecule has 0 saturated carbocycles. The van der Waals surface area contributed by atoms with Crippen LogP contribution in [-0.2, 0) is 0 Å². The van der Waals surface area contributed by atoms with Gasteiger partial charge in [-0.25, -0.2) is 4.98 Å². The monoisotopic (exact) mass is 386 g/mol. The molecule has 0 radical (unpaired) electrons. The summed E-state index contributed by atoms with van der Waals surface area (Å²) in [5, 5.41) is 0. The van der Waals surface area contributed by atoms with Gasteiger partial charge in [-0.2, -0.15) is 0 Å². The maximum Gasteiger partial charge on any atom is 0.0899 e. The molecule has 2 aromatic heterocycles. The Morgan fingerprint density at radius 1 is 0.560 bits per heavy atom. The number of hydrogen-bond donors (Lipinski definition) is 0. The van der Waals surface area contributed by atoms with Crippen molar-refractivity contribution in [3.63, 3.8) is 0 Å². The SMILES string of the molecule is Brc1ccc(-c2cc(-c3ccccc3)cc(-c3ccccn3)n2)cc1. The van der Waals surface area contributed by atoms with Crippen LogP contribution in [0.4, 0.5) is 0 Å². The standard InChI is InChI=1S/C22H15BrN2/c23-19-11-9-17(10-12-19)21-14-18(16-6-2-1-3-7-16)15-22(25-21)20-8-4-5-13-24-20/h1-15H. The molecular weight excluding hydrogens is 372 g/mol. The molecule has 25 heavy (non-hydrogen) atoms. The zero-order valence-electron chi connectivity index (χ0n) is 13.4. The lowest BCUT2D eigenvalue weighted by atomic mass is 10.0. The molecule has 0 unspecified atom stereocenters. The van der Waals surface area contributed by atoms with E-state index in [2.05, 4.69) is 69.4 Å². The highest BCUT2D eigenvalue weighted by Gasteiger charge is 2.09. The van der Waals surface area contributed by atoms with E-state index < -0.39 is 0 Å². The number of hydrogen-bond acceptors (Lipinski definition) is 2. The van der Waals surface area contributed by atoms with E-state index in [0.29, 0.717) is 0 Å². The van der Waals surface area contributed by atoms with E-state index in [1.54, 1.807) is 6.20 Å². The highest BCUT2D eigenvalue weighted by atomic mass is 79.9. The van der Waals surface area contributed by atoms with Gasteiger partial charge >= 0.3 is 0 Å². The molecule has 0 aliphatic heterocycles. The number of rotatable bonds is 3. The third-order valence-corrected chi connectivity index (χ3v) is 4.53. The maximum atomic E-state index is 4.85. The average molecular weight is 387 g/mol. The van der Waals surface area contributed by atoms with Crippen LogP contribution in [0.1, 0.15) is 0 Å². The summed E-state index contributed by atoms with van der Waals surface area (Å²) in [6.45, 7) is 0. The molecule has 2 nitrogen and oxygen atoms in total. The first-order valence-electron chi connectivity index (χ1n) is 8.04. The van der Waals surface area contributed by atoms with E-state index >= 15 is 0 Å². The molecule has 4 aromatic rings. The second-order valence-electron chi connectivity index (χ2n) is 5.71. The second kappa shape index (κ2) is 6.99. The van der Waals surface area contributed by atoms with E-state index in [1.807, 2.05) is 36.4 Å². The zero-order valence-corrected chi connectivity index (χ0v) is 15.0. The molecule has 0 aliphatic carbocycles. The highest BCUT2D eigenvalue weighted by molar-refractivity contribution is 9.10. The molecule has 0 atom stereocenters. The number of benzene rings is 2. The fraction of sp³-hybridized carbons (Fsp3) is 0. The van der Waals surface area contributed by atoms with Crippen molar-refractivity contribution in [1.82, 2.24) is 9.97 Å². The number of pyridine rings is 2. The van der Waals surface area contributed by atoms with Crippen LogP contribution < -0.4 is 0 Å². The fourth-order valence-corrected chi connectivity index (χ4v) is 3.01. The van der Waals surface area contributed by atoms with Gasteiger partial charge in [-0.05, 0) is 47.5 Å². The molecule has 3 heteroatoms. The first-order valence-corrected chi connectivity index (χ1v) is 8.84. The van der Waals surface area contributed by atoms with Gasteiger partial charge in [0, 0.05) is 16.2 Å². The van der Waals surface area contributed by atoms with Crippen molar-refractivity contribution >= 4 is 15.9 Å². The molecule has 2 heterocycles. The van der Waals surface area contributed by atoms with Crippen LogP contribution in [0.2, 0.25) is 0 Å². The summed E-state index contributed by atoms with van der Waals surface area (Å²) in [5.41, 5.74) is 6.07. The molecule has 0 bridgehead atoms. The number of nitrogens with zero attached hydrogens (tertiary/aromatic N) is 2. The van der Waals surface area contributed by atoms with Crippen LogP contribution in [0, 0.1) is 0 Å². The van der Waals surface area contributed by atoms with Crippen LogP contribution in [-0.4, -0.2) is 9.97 Å². The van der Waals surface area contributed by atoms with Gasteiger partial charge in [0.2, 0.25) is 0 Å². The van der Waals surface area contributed by atoms with Crippen molar-refractivity contribution in [3.05, 3.63) is 95.6 Å². The Kier molecular flexibility index (Phi) is 4.40. The van der Waals surface area contributed by atoms with E-state index in [-0.39, 0.29) is 0 Å². The lowest BCUT2D eigenvalue weighted by Crippen LogP contribution is -1.92. The van der Waals surface area contributed by atoms with Gasteiger partial charge < -0.3 is 0 Å². The van der Waals surface area contributed by atoms with Gasteiger partial charge in [-0.1, -0.05) is 64.5 Å². The van der Waals surface area contributed by atoms with Crippen LogP contribution >= 0.6 is 15.9 Å². The Hall–Kier alpha value is -2.78. The van der Waals surface area contributed by atoms with Crippen LogP contribution in [0.15, 0.2) is 95.6 Å². The van der Waals surface area contributed by atoms with Gasteiger partial charge in [0.05, 0.1) is 17.1 Å². The van der Waals surface area contributed by atoms with Crippen molar-refractivity contribution in [2.75, 3.05) is 0 Å². The van der Waals surface area contributed by atoms with E-state index in [9.17, 15) is 0 Å². The largest absolute Gasteiger partial charge is 0.255 e. The molecule has 4 rings (SSSR count). The lowest BCUT2D eigenvalue weighted by Gasteiger charge is -2.10. The summed E-state index contributed by atoms with van der Waals surface area (Å²) < 4.78 is 1.06. The summed E-state index contributed by atoms with van der Waals surface area (Å²) in [5.74, 6) is 0. The predicted molar refractivity (Wildman–Crippen MR) is 106 cm³/mol. The first-order chi connectivity index (χ1) is 12.3. The quantitative estimate of drug-likeness (QED) is 0.416. The molecule has 0 spiro atoms. The van der Waals surface area contributed by atoms with Gasteiger partial charge in [0.15, 0.2) is 0 Å². The van der Waals surface area contributed by atoms with Crippen molar-refractivity contribution in [2.24, 2.45) is 0 Å². The molecule has 0 amide bonds. The first kappa shape index (κ1) is 15.7. The van der Waals surface area contributed by atoms with Crippen molar-refractivity contribution in [3.8, 4) is 33.8 Å². The van der Waals surface area contributed by atoms with E-state index in [1.165, 1.54) is 5.56 Å². The van der Waals surface area contributed by atoms with Crippen LogP contribution in [0.5, 0.6) is 0 Å². The molecule has 0 aliphatic rings. The summed E-state index contributed by atoms with van der Waals surface area (Å²) in [6, 6.07) is 28.7. The minimum Gasteiger partial charge on any atom is -0.255 e. The van der Waals surface area contributed by atoms with Gasteiger partial charge in [-0.15, -0.1) is 0 Å². The lowest BCUT2D eigenvalue weighted by molar-refractivity contribution is 1.25. The summed E-state index contributed by atoms with van der Waals surface area (Å²) >= 11 is 3.49. The molecule has 0 fully saturated rings. The van der Waals surface area contributed by atoms with Crippen molar-refractivity contribution in [1.29, 1.82) is 0 Å². The molecule has 0 saturated heterocycles. The maximum absolute atomic E-state index is 4.85. The molecule has 0 N–H and O–H groups in total. The minimum atomic E-state index is 0.874. The van der Waals surface area contributed by atoms with Gasteiger partial charge in [0.1, 0.15) is 0 Å². The molecular formula is C22H15BrN2. The summed E-state index contributed by atoms with van der Waals surface area (Å²) in [4.78, 5) is 9.31. The number of aromatic nitrogens is 2. The Morgan fingerprint density at radius 2 is 1.28 bits per heavy atom. The van der Waals surface area contributed by atoms with Crippen LogP contribution in [0.3, 0.4) is 0 Å². The van der Waals surface area contributed by atoms with E-state index in [0.717, 1.165) is 32.7 Å². The molecule has 2 aromatic carbocycles. The minimum absolute atomic E-state index is 0.874. The van der Waals surface area contributed by atoms with E-state index in [4.69, 9.17) is 4.98 Å². The van der Waals surface area contributed by atoms with Gasteiger partial charge in [-0.3, -0.25) is 4.98 Å². The Morgan fingerprint density at radius 3 is 2.00 bits per heavy atom.